The molecule has 40 nitrogen and oxygen atoms in total. The molecule has 0 aromatic heterocycles. The number of allylic oxidation sites excluding steroid dienone is 21. The smallest absolute Gasteiger partial charge is 0.276 e. The minimum atomic E-state index is -6.06. The van der Waals surface area contributed by atoms with E-state index in [1.54, 1.807) is 28.1 Å². The van der Waals surface area contributed by atoms with Gasteiger partial charge in [-0.1, -0.05) is 128 Å². The zero-order valence-corrected chi connectivity index (χ0v) is 88.1. The van der Waals surface area contributed by atoms with Gasteiger partial charge in [0.1, 0.15) is 129 Å². The highest BCUT2D eigenvalue weighted by Gasteiger charge is 2.55. The quantitative estimate of drug-likeness (QED) is 0.0166. The predicted molar refractivity (Wildman–Crippen MR) is 511 cm³/mol. The Morgan fingerprint density at radius 3 is 1.14 bits per heavy atom. The van der Waals surface area contributed by atoms with Crippen molar-refractivity contribution >= 4 is 49.0 Å². The summed E-state index contributed by atoms with van der Waals surface area (Å²) < 4.78 is 127. The van der Waals surface area contributed by atoms with Crippen molar-refractivity contribution in [2.75, 3.05) is 73.9 Å². The molecule has 4 heterocycles. The fourth-order valence-electron chi connectivity index (χ4n) is 15.3. The van der Waals surface area contributed by atoms with Crippen molar-refractivity contribution in [3.8, 4) is 0 Å². The van der Waals surface area contributed by atoms with Gasteiger partial charge in [-0.3, -0.25) is 37.2 Å². The molecule has 4 aliphatic rings. The van der Waals surface area contributed by atoms with Crippen molar-refractivity contribution < 1.29 is 178 Å². The van der Waals surface area contributed by atoms with E-state index in [1.807, 2.05) is 6.92 Å². The summed E-state index contributed by atoms with van der Waals surface area (Å²) in [5.41, 5.74) is 18.7. The molecule has 4 aliphatic heterocycles. The number of quaternary nitrogens is 2. The number of nitrogens with zero attached hydrogens (tertiary/aromatic N) is 1. The van der Waals surface area contributed by atoms with Crippen molar-refractivity contribution in [2.45, 2.75) is 380 Å². The average molecular weight is 2060 g/mol. The largest absolute Gasteiger partial charge is 0.756 e. The summed E-state index contributed by atoms with van der Waals surface area (Å²) in [7, 11) is -17.3. The van der Waals surface area contributed by atoms with Crippen LogP contribution in [0, 0.1) is 0 Å². The highest BCUT2D eigenvalue weighted by atomic mass is 31.3. The highest BCUT2D eigenvalue weighted by Crippen LogP contribution is 2.57. The Balaban J connectivity index is 1.22. The van der Waals surface area contributed by atoms with E-state index in [0.717, 1.165) is 136 Å². The molecule has 4 saturated heterocycles. The Morgan fingerprint density at radius 1 is 0.396 bits per heavy atom. The molecule has 0 aromatic rings. The number of carbonyl (C=O) groups is 3. The van der Waals surface area contributed by atoms with Crippen LogP contribution in [-0.4, -0.2) is 288 Å². The first kappa shape index (κ1) is 127. The fraction of sp³-hybridized carbons (Fsp3) is 0.737. The normalized spacial score (nSPS) is 29.1. The average Bonchev–Trinajstić information content (AvgIpc) is 0.778. The van der Waals surface area contributed by atoms with Gasteiger partial charge in [0.2, 0.25) is 17.7 Å². The van der Waals surface area contributed by atoms with Crippen LogP contribution in [0.5, 0.6) is 0 Å². The number of likely N-dealkylation sites (N-methyl/N-ethyl adjacent to an activating group) is 1. The van der Waals surface area contributed by atoms with Crippen molar-refractivity contribution in [3.05, 3.63) is 128 Å². The molecule has 27 atom stereocenters. The number of aliphatic hydroxyl groups excluding tert-OH is 10. The summed E-state index contributed by atoms with van der Waals surface area (Å²) in [6.07, 6.45) is 6.93. The summed E-state index contributed by atoms with van der Waals surface area (Å²) in [5, 5.41) is 117. The zero-order chi connectivity index (χ0) is 104. The van der Waals surface area contributed by atoms with Gasteiger partial charge >= 0.3 is 0 Å². The molecule has 0 radical (unpaired) electrons. The van der Waals surface area contributed by atoms with Gasteiger partial charge < -0.3 is 153 Å². The molecule has 4 fully saturated rings. The van der Waals surface area contributed by atoms with Gasteiger partial charge in [-0.2, -0.15) is 0 Å². The summed E-state index contributed by atoms with van der Waals surface area (Å²) >= 11 is 0. The van der Waals surface area contributed by atoms with Gasteiger partial charge in [0.05, 0.1) is 60.8 Å². The van der Waals surface area contributed by atoms with Crippen LogP contribution in [0.2, 0.25) is 0 Å². The van der Waals surface area contributed by atoms with Crippen molar-refractivity contribution in [1.82, 2.24) is 16.0 Å². The number of hydrogen-bond donors (Lipinski definition) is 14. The third kappa shape index (κ3) is 50.0. The van der Waals surface area contributed by atoms with E-state index in [2.05, 4.69) is 156 Å². The third-order valence-corrected chi connectivity index (χ3v) is 28.3. The number of amides is 3. The van der Waals surface area contributed by atoms with Gasteiger partial charge in [0, 0.05) is 20.8 Å². The first-order valence-electron chi connectivity index (χ1n) is 47.7. The Bertz CT molecular complexity index is 4340. The number of ether oxygens (including phenoxy) is 7. The van der Waals surface area contributed by atoms with Crippen molar-refractivity contribution in [2.24, 2.45) is 0 Å². The van der Waals surface area contributed by atoms with Crippen molar-refractivity contribution in [3.63, 3.8) is 0 Å². The van der Waals surface area contributed by atoms with Gasteiger partial charge in [-0.05, 0) is 218 Å². The number of phosphoric ester groups is 4. The van der Waals surface area contributed by atoms with E-state index < -0.39 is 230 Å². The maximum absolute atomic E-state index is 13.4. The molecule has 0 bridgehead atoms. The molecule has 16 N–H and O–H groups in total. The Labute approximate surface area is 821 Å². The highest BCUT2D eigenvalue weighted by molar-refractivity contribution is 7.59. The lowest BCUT2D eigenvalue weighted by molar-refractivity contribution is -0.870. The van der Waals surface area contributed by atoms with E-state index in [-0.39, 0.29) is 13.2 Å². The van der Waals surface area contributed by atoms with Crippen LogP contribution >= 0.6 is 31.3 Å². The topological polar surface area (TPSA) is 607 Å². The summed E-state index contributed by atoms with van der Waals surface area (Å²) in [6.45, 7) is 23.8. The lowest BCUT2D eigenvalue weighted by Gasteiger charge is -2.48. The minimum Gasteiger partial charge on any atom is -0.756 e. The second kappa shape index (κ2) is 63.1. The van der Waals surface area contributed by atoms with E-state index in [4.69, 9.17) is 60.3 Å². The second-order valence-electron chi connectivity index (χ2n) is 38.1. The van der Waals surface area contributed by atoms with Gasteiger partial charge in [0.25, 0.3) is 31.3 Å². The van der Waals surface area contributed by atoms with Crippen LogP contribution < -0.4 is 41.3 Å². The SMILES string of the molecule is CC(=O)N[C@H]1[C@@H](O[C@H]2[C@@H](O)[C@@H](CO)O[C@@H](OC[C@H](O)[C@H](O)[C@H](O)COP(=O)([O-])OC[C@H]3O[C@@H](O[C@H]4[C@@H]([NH3+])[C@@H](C)O[C@@H](OP(=O)([O-])OP(=O)([O-])OC/C=C(/C)CC/C=C(/C)CC/C=C(/C)CC/C=C(/C)CC/C=C(/C)CC/C=C(/C)CC/C=C(/C)CC/C=C(/C)CC/C=C(\C)CC/C=C(\C)CCC=C(C)C)[C@@H]4NC(C)=O)[C@H](O)[C@@H](O)[C@@H]3O)[C@@H]2NC(C)=O)O[C@H](COP(=O)([O-])OCC[N+](C)(C)C)[C@H](O)[C@@H]1O. The van der Waals surface area contributed by atoms with Gasteiger partial charge in [-0.15, -0.1) is 0 Å². The number of carbonyl (C=O) groups excluding carboxylic acids is 3. The summed E-state index contributed by atoms with van der Waals surface area (Å²) in [4.78, 5) is 90.1. The van der Waals surface area contributed by atoms with Crippen molar-refractivity contribution in [1.29, 1.82) is 0 Å². The van der Waals surface area contributed by atoms with E-state index in [1.165, 1.54) is 68.7 Å². The monoisotopic (exact) mass is 2060 g/mol. The number of phosphoric acid groups is 4. The van der Waals surface area contributed by atoms with Gasteiger partial charge in [-0.25, -0.2) is 4.31 Å². The van der Waals surface area contributed by atoms with E-state index in [0.29, 0.717) is 22.9 Å². The maximum Gasteiger partial charge on any atom is 0.276 e. The third-order valence-electron chi connectivity index (χ3n) is 23.8. The molecular formula is C95H163N5O35P4-2. The molecular weight excluding hydrogens is 1890 g/mol. The molecule has 4 rings (SSSR count). The minimum absolute atomic E-state index is 0.223. The maximum atomic E-state index is 13.4. The predicted octanol–water partition coefficient (Wildman–Crippen LogP) is 6.99. The molecule has 0 spiro atoms. The zero-order valence-electron chi connectivity index (χ0n) is 84.6. The van der Waals surface area contributed by atoms with Crippen LogP contribution in [0.1, 0.15) is 239 Å². The van der Waals surface area contributed by atoms with E-state index in [9.17, 15) is 103 Å². The Hall–Kier alpha value is -4.73. The molecule has 139 heavy (non-hydrogen) atoms. The second-order valence-corrected chi connectivity index (χ2v) is 43.9. The molecule has 44 heteroatoms. The van der Waals surface area contributed by atoms with Crippen LogP contribution in [0.15, 0.2) is 128 Å². The molecule has 0 aromatic carbocycles. The number of aliphatic hydroxyl groups is 10. The Kier molecular flexibility index (Phi) is 57.4. The lowest BCUT2D eigenvalue weighted by atomic mass is 9.94. The van der Waals surface area contributed by atoms with Gasteiger partial charge in [0.15, 0.2) is 25.2 Å². The van der Waals surface area contributed by atoms with E-state index >= 15 is 0 Å². The van der Waals surface area contributed by atoms with Crippen LogP contribution in [0.25, 0.3) is 0 Å². The first-order valence-corrected chi connectivity index (χ1v) is 53.6. The molecule has 800 valence electrons. The molecule has 0 saturated carbocycles. The first-order chi connectivity index (χ1) is 64.9. The number of rotatable bonds is 63. The fourth-order valence-corrected chi connectivity index (χ4v) is 18.8. The lowest BCUT2D eigenvalue weighted by Crippen LogP contribution is -2.80. The standard InChI is InChI=1S/C95H165N5O35P4/c1-59(2)30-20-31-60(3)32-21-33-61(4)34-22-35-62(5)36-23-37-63(6)38-24-39-64(7)40-25-41-65(8)42-26-43-66(9)44-27-45-67(10)46-28-47-68(11)48-29-49-69(12)50-52-123-138(118,119)135-139(120,121)134-94-81(98-72(15)103)90(79(96)70(13)128-94)132-95-89(113)88(112)85(109)78(131-95)58-127-137(116,117)125-56-75(106)83(107)74(105)55-122-92-82(99-73(16)104)91(86(110)76(54-101)129-92)133-93-80(97-71(14)102)87(111)84(108)77(130-93)57-126-136(114,115)124-53-51-100(17,18)19/h30,32,34,36,38,40,42,44,46,48,50,70,74-95,101,105-113H,20-29,31,33,35,37,39,41,43,45,47,49,51-58,96H2,1-19H3,(H6-,97,98,99,102,103,104,114,115,116,117,118,119,120,121)/p-2/b60-32+,61-34+,62-36-,63-38-,64-40-,65-42-,66-44-,67-46-,68-48-,69-50-/t70-,74+,75-,76-,77-,78-,79+,80-,81-,82-,83+,84+,85-,86+,87-,88+,89-,90+,91-,92-,93-,94+,95+/m1/s1. The molecule has 0 aliphatic carbocycles. The van der Waals surface area contributed by atoms with Crippen LogP contribution in [0.4, 0.5) is 0 Å². The van der Waals surface area contributed by atoms with Crippen LogP contribution in [0.3, 0.4) is 0 Å². The molecule has 3 amide bonds. The number of nitrogens with one attached hydrogen (secondary N) is 3. The Morgan fingerprint density at radius 2 is 0.748 bits per heavy atom. The van der Waals surface area contributed by atoms with Crippen LogP contribution in [-0.2, 0) is 97.3 Å². The summed E-state index contributed by atoms with van der Waals surface area (Å²) in [5.74, 6) is -2.57. The molecule has 4 unspecified atom stereocenters. The summed E-state index contributed by atoms with van der Waals surface area (Å²) in [6, 6.07) is -6.44. The number of hydrogen-bond acceptors (Lipinski definition) is 35.